The number of likely N-dealkylation sites (N-methyl/N-ethyl adjacent to an activating group) is 1. The number of hydrogen-bond donors (Lipinski definition) is 1. The number of halogens is 1. The summed E-state index contributed by atoms with van der Waals surface area (Å²) in [7, 11) is 1.98. The first kappa shape index (κ1) is 16.4. The van der Waals surface area contributed by atoms with Crippen LogP contribution in [-0.2, 0) is 11.2 Å². The molecule has 108 valence electrons. The zero-order valence-corrected chi connectivity index (χ0v) is 13.1. The minimum atomic E-state index is -0.143. The molecule has 1 heterocycles. The quantitative estimate of drug-likeness (QED) is 0.794. The lowest BCUT2D eigenvalue weighted by molar-refractivity contribution is -0.0703. The third-order valence-corrected chi connectivity index (χ3v) is 4.23. The number of nitrogens with one attached hydrogen (secondary N) is 1. The van der Waals surface area contributed by atoms with Crippen LogP contribution in [0.5, 0.6) is 0 Å². The molecule has 0 aromatic carbocycles. The summed E-state index contributed by atoms with van der Waals surface area (Å²) in [6.07, 6.45) is 6.29. The topological polar surface area (TPSA) is 34.1 Å². The molecule has 1 aromatic rings. The second-order valence-corrected chi connectivity index (χ2v) is 5.12. The van der Waals surface area contributed by atoms with Crippen molar-refractivity contribution in [3.05, 3.63) is 29.0 Å². The van der Waals surface area contributed by atoms with Gasteiger partial charge in [-0.2, -0.15) is 0 Å². The van der Waals surface area contributed by atoms with Gasteiger partial charge in [-0.15, -0.1) is 0 Å². The first-order chi connectivity index (χ1) is 9.13. The zero-order chi connectivity index (χ0) is 14.3. The van der Waals surface area contributed by atoms with Crippen LogP contribution in [0.4, 0.5) is 0 Å². The van der Waals surface area contributed by atoms with Crippen molar-refractivity contribution in [3.8, 4) is 0 Å². The van der Waals surface area contributed by atoms with Gasteiger partial charge in [0.2, 0.25) is 0 Å². The molecule has 19 heavy (non-hydrogen) atoms. The number of nitrogens with zero attached hydrogens (tertiary/aromatic N) is 1. The minimum Gasteiger partial charge on any atom is -0.374 e. The molecule has 1 N–H and O–H groups in total. The molecule has 0 aliphatic carbocycles. The van der Waals surface area contributed by atoms with Crippen LogP contribution < -0.4 is 5.32 Å². The van der Waals surface area contributed by atoms with Crippen molar-refractivity contribution in [1.82, 2.24) is 10.3 Å². The summed E-state index contributed by atoms with van der Waals surface area (Å²) in [6, 6.07) is 2.22. The molecule has 3 nitrogen and oxygen atoms in total. The highest BCUT2D eigenvalue weighted by Crippen LogP contribution is 2.28. The monoisotopic (exact) mass is 284 g/mol. The van der Waals surface area contributed by atoms with Crippen LogP contribution >= 0.6 is 11.6 Å². The minimum absolute atomic E-state index is 0.143. The number of hydrogen-bond acceptors (Lipinski definition) is 3. The van der Waals surface area contributed by atoms with Crippen molar-refractivity contribution in [3.63, 3.8) is 0 Å². The van der Waals surface area contributed by atoms with Crippen molar-refractivity contribution < 1.29 is 4.74 Å². The predicted octanol–water partition coefficient (Wildman–Crippen LogP) is 3.46. The maximum absolute atomic E-state index is 6.21. The normalized spacial score (nSPS) is 13.5. The Hall–Kier alpha value is -0.640. The molecule has 0 bridgehead atoms. The number of aromatic nitrogens is 1. The van der Waals surface area contributed by atoms with E-state index >= 15 is 0 Å². The Labute approximate surface area is 121 Å². The first-order valence-corrected chi connectivity index (χ1v) is 7.40. The van der Waals surface area contributed by atoms with E-state index in [-0.39, 0.29) is 11.6 Å². The molecule has 1 rings (SSSR count). The summed E-state index contributed by atoms with van der Waals surface area (Å²) in [5.41, 5.74) is 0.970. The number of rotatable bonds is 8. The molecule has 1 unspecified atom stereocenters. The molecule has 4 heteroatoms. The summed E-state index contributed by atoms with van der Waals surface area (Å²) in [6.45, 7) is 7.13. The smallest absolute Gasteiger partial charge is 0.0832 e. The van der Waals surface area contributed by atoms with Gasteiger partial charge < -0.3 is 10.1 Å². The van der Waals surface area contributed by atoms with Gasteiger partial charge in [0.05, 0.1) is 10.6 Å². The molecule has 0 radical (unpaired) electrons. The van der Waals surface area contributed by atoms with Gasteiger partial charge in [0.1, 0.15) is 0 Å². The Morgan fingerprint density at radius 1 is 1.37 bits per heavy atom. The van der Waals surface area contributed by atoms with Gasteiger partial charge in [0, 0.05) is 25.0 Å². The summed E-state index contributed by atoms with van der Waals surface area (Å²) in [5, 5.41) is 4.12. The highest BCUT2D eigenvalue weighted by molar-refractivity contribution is 6.31. The standard InChI is InChI=1S/C15H25ClN2O/c1-5-15(6-2,19-7-3)14(17-4)10-12-8-9-18-11-13(12)16/h8-9,11,14,17H,5-7,10H2,1-4H3. The third-order valence-electron chi connectivity index (χ3n) is 3.89. The van der Waals surface area contributed by atoms with Gasteiger partial charge in [0.15, 0.2) is 0 Å². The van der Waals surface area contributed by atoms with E-state index in [4.69, 9.17) is 16.3 Å². The molecule has 0 fully saturated rings. The fourth-order valence-corrected chi connectivity index (χ4v) is 2.87. The summed E-state index contributed by atoms with van der Waals surface area (Å²) in [5.74, 6) is 0. The van der Waals surface area contributed by atoms with Crippen LogP contribution in [0.3, 0.4) is 0 Å². The average molecular weight is 285 g/mol. The van der Waals surface area contributed by atoms with Crippen LogP contribution in [0, 0.1) is 0 Å². The molecule has 0 amide bonds. The molecule has 0 spiro atoms. The van der Waals surface area contributed by atoms with E-state index in [1.807, 2.05) is 20.0 Å². The Kier molecular flexibility index (Phi) is 6.76. The van der Waals surface area contributed by atoms with Crippen molar-refractivity contribution in [2.45, 2.75) is 51.7 Å². The van der Waals surface area contributed by atoms with Gasteiger partial charge in [-0.1, -0.05) is 25.4 Å². The predicted molar refractivity (Wildman–Crippen MR) is 80.7 cm³/mol. The second kappa shape index (κ2) is 7.83. The summed E-state index contributed by atoms with van der Waals surface area (Å²) in [4.78, 5) is 4.03. The van der Waals surface area contributed by atoms with E-state index in [0.29, 0.717) is 0 Å². The van der Waals surface area contributed by atoms with E-state index in [1.165, 1.54) is 0 Å². The van der Waals surface area contributed by atoms with Gasteiger partial charge in [-0.05, 0) is 44.9 Å². The van der Waals surface area contributed by atoms with E-state index in [9.17, 15) is 0 Å². The lowest BCUT2D eigenvalue weighted by Crippen LogP contribution is -2.52. The molecule has 0 saturated carbocycles. The van der Waals surface area contributed by atoms with E-state index in [0.717, 1.165) is 36.5 Å². The Balaban J connectivity index is 2.95. The average Bonchev–Trinajstić information content (AvgIpc) is 2.44. The summed E-state index contributed by atoms with van der Waals surface area (Å²) < 4.78 is 6.07. The molecule has 1 aromatic heterocycles. The van der Waals surface area contributed by atoms with Crippen LogP contribution in [0.25, 0.3) is 0 Å². The number of ether oxygens (including phenoxy) is 1. The van der Waals surface area contributed by atoms with Gasteiger partial charge in [-0.25, -0.2) is 0 Å². The van der Waals surface area contributed by atoms with Crippen LogP contribution in [-0.4, -0.2) is 30.3 Å². The molecule has 0 saturated heterocycles. The Morgan fingerprint density at radius 3 is 2.53 bits per heavy atom. The third kappa shape index (κ3) is 3.91. The van der Waals surface area contributed by atoms with E-state index < -0.39 is 0 Å². The SMILES string of the molecule is CCOC(CC)(CC)C(Cc1ccncc1Cl)NC. The second-order valence-electron chi connectivity index (χ2n) is 4.72. The first-order valence-electron chi connectivity index (χ1n) is 7.03. The highest BCUT2D eigenvalue weighted by Gasteiger charge is 2.35. The Bertz CT molecular complexity index is 380. The fraction of sp³-hybridized carbons (Fsp3) is 0.667. The number of pyridine rings is 1. The fourth-order valence-electron chi connectivity index (χ4n) is 2.68. The van der Waals surface area contributed by atoms with E-state index in [2.05, 4.69) is 24.1 Å². The van der Waals surface area contributed by atoms with Crippen LogP contribution in [0.1, 0.15) is 39.2 Å². The van der Waals surface area contributed by atoms with Crippen molar-refractivity contribution in [2.24, 2.45) is 0 Å². The van der Waals surface area contributed by atoms with Crippen molar-refractivity contribution >= 4 is 11.6 Å². The van der Waals surface area contributed by atoms with Crippen molar-refractivity contribution in [1.29, 1.82) is 0 Å². The maximum atomic E-state index is 6.21. The van der Waals surface area contributed by atoms with Gasteiger partial charge in [0.25, 0.3) is 0 Å². The molecule has 0 aliphatic heterocycles. The van der Waals surface area contributed by atoms with Crippen molar-refractivity contribution in [2.75, 3.05) is 13.7 Å². The van der Waals surface area contributed by atoms with Crippen LogP contribution in [0.2, 0.25) is 5.02 Å². The Morgan fingerprint density at radius 2 is 2.05 bits per heavy atom. The van der Waals surface area contributed by atoms with Gasteiger partial charge >= 0.3 is 0 Å². The largest absolute Gasteiger partial charge is 0.374 e. The van der Waals surface area contributed by atoms with Gasteiger partial charge in [-0.3, -0.25) is 4.98 Å². The molecular weight excluding hydrogens is 260 g/mol. The highest BCUT2D eigenvalue weighted by atomic mass is 35.5. The van der Waals surface area contributed by atoms with Crippen LogP contribution in [0.15, 0.2) is 18.5 Å². The lowest BCUT2D eigenvalue weighted by atomic mass is 9.84. The lowest BCUT2D eigenvalue weighted by Gasteiger charge is -2.39. The molecular formula is C15H25ClN2O. The molecule has 0 aliphatic rings. The molecule has 1 atom stereocenters. The summed E-state index contributed by atoms with van der Waals surface area (Å²) >= 11 is 6.21. The van der Waals surface area contributed by atoms with E-state index in [1.54, 1.807) is 12.4 Å². The zero-order valence-electron chi connectivity index (χ0n) is 12.4. The maximum Gasteiger partial charge on any atom is 0.0832 e.